The summed E-state index contributed by atoms with van der Waals surface area (Å²) in [6.45, 7) is 5.06. The number of nitrogens with zero attached hydrogens (tertiary/aromatic N) is 1. The molecule has 4 atom stereocenters. The van der Waals surface area contributed by atoms with Crippen molar-refractivity contribution in [1.82, 2.24) is 20.9 Å². The number of carboxylic acid groups (broad SMARTS) is 1. The fourth-order valence-corrected chi connectivity index (χ4v) is 6.93. The summed E-state index contributed by atoms with van der Waals surface area (Å²) in [5.74, 6) is -1.96. The summed E-state index contributed by atoms with van der Waals surface area (Å²) in [6.07, 6.45) is 4.82. The zero-order valence-electron chi connectivity index (χ0n) is 28.7. The summed E-state index contributed by atoms with van der Waals surface area (Å²) in [7, 11) is 1.62. The van der Waals surface area contributed by atoms with Crippen LogP contribution in [0.3, 0.4) is 0 Å². The van der Waals surface area contributed by atoms with Crippen LogP contribution in [0.25, 0.3) is 11.1 Å². The number of ether oxygens (including phenoxy) is 2. The lowest BCUT2D eigenvalue weighted by Gasteiger charge is -2.34. The van der Waals surface area contributed by atoms with Gasteiger partial charge in [-0.3, -0.25) is 19.2 Å². The fraction of sp³-hybridized carbons (Fsp3) is 0.541. The van der Waals surface area contributed by atoms with Crippen molar-refractivity contribution >= 4 is 29.6 Å². The van der Waals surface area contributed by atoms with E-state index in [1.54, 1.807) is 7.11 Å². The summed E-state index contributed by atoms with van der Waals surface area (Å²) >= 11 is 0. The molecule has 12 heteroatoms. The third kappa shape index (κ3) is 8.52. The standard InChI is InChI=1S/C37H48N4O8/c1-22(2)31(39-34(44)32(38-23(3)42)26-8-6-5-7-9-26)35(45)41-21-29(20-30(41)33(43)40-37(18-19-37)36(46)47)49-28-16-12-25(13-17-28)24-10-14-27(48-4)15-11-24/h10-17,22,26,29-32H,5-9,18-21H2,1-4H3,(H,38,42)(H,39,44)(H,40,43)(H,46,47)/t29-,30?,31+,32+/m1/s1. The van der Waals surface area contributed by atoms with Crippen LogP contribution in [-0.2, 0) is 24.0 Å². The predicted octanol–water partition coefficient (Wildman–Crippen LogP) is 3.67. The molecule has 1 unspecified atom stereocenters. The molecule has 2 aromatic carbocycles. The zero-order valence-corrected chi connectivity index (χ0v) is 28.7. The lowest BCUT2D eigenvalue weighted by Crippen LogP contribution is -2.60. The monoisotopic (exact) mass is 676 g/mol. The second-order valence-electron chi connectivity index (χ2n) is 13.9. The number of nitrogens with one attached hydrogen (secondary N) is 3. The van der Waals surface area contributed by atoms with E-state index in [0.717, 1.165) is 49.0 Å². The topological polar surface area (TPSA) is 163 Å². The Morgan fingerprint density at radius 3 is 1.98 bits per heavy atom. The summed E-state index contributed by atoms with van der Waals surface area (Å²) in [5.41, 5.74) is 0.639. The molecule has 1 aliphatic heterocycles. The molecule has 0 aromatic heterocycles. The molecule has 12 nitrogen and oxygen atoms in total. The van der Waals surface area contributed by atoms with E-state index in [9.17, 15) is 29.1 Å². The Kier molecular flexibility index (Phi) is 11.1. The summed E-state index contributed by atoms with van der Waals surface area (Å²) in [6, 6.07) is 12.4. The maximum atomic E-state index is 14.3. The first-order valence-corrected chi connectivity index (χ1v) is 17.3. The highest BCUT2D eigenvalue weighted by Crippen LogP contribution is 2.37. The van der Waals surface area contributed by atoms with E-state index in [1.165, 1.54) is 11.8 Å². The molecule has 2 aromatic rings. The average molecular weight is 677 g/mol. The van der Waals surface area contributed by atoms with E-state index >= 15 is 0 Å². The molecular formula is C37H48N4O8. The minimum Gasteiger partial charge on any atom is -0.497 e. The molecule has 4 N–H and O–H groups in total. The van der Waals surface area contributed by atoms with E-state index < -0.39 is 53.5 Å². The molecule has 4 amide bonds. The summed E-state index contributed by atoms with van der Waals surface area (Å²) in [4.78, 5) is 67.0. The highest BCUT2D eigenvalue weighted by Gasteiger charge is 2.54. The zero-order chi connectivity index (χ0) is 35.3. The van der Waals surface area contributed by atoms with Crippen LogP contribution in [0.4, 0.5) is 0 Å². The number of hydrogen-bond donors (Lipinski definition) is 4. The van der Waals surface area contributed by atoms with Crippen LogP contribution in [0, 0.1) is 11.8 Å². The SMILES string of the molecule is COc1ccc(-c2ccc(O[C@@H]3CC(C(=O)NC4(C(=O)O)CC4)N(C(=O)[C@@H](NC(=O)[C@@H](NC(C)=O)C4CCCCC4)C(C)C)C3)cc2)cc1. The number of hydrogen-bond acceptors (Lipinski definition) is 7. The first-order chi connectivity index (χ1) is 23.4. The quantitative estimate of drug-likeness (QED) is 0.250. The Bertz CT molecular complexity index is 1520. The maximum absolute atomic E-state index is 14.3. The van der Waals surface area contributed by atoms with Crippen molar-refractivity contribution in [3.05, 3.63) is 48.5 Å². The van der Waals surface area contributed by atoms with Crippen molar-refractivity contribution < 1.29 is 38.6 Å². The molecule has 1 heterocycles. The van der Waals surface area contributed by atoms with Gasteiger partial charge in [-0.1, -0.05) is 57.4 Å². The number of likely N-dealkylation sites (tertiary alicyclic amines) is 1. The number of methoxy groups -OCH3 is 1. The summed E-state index contributed by atoms with van der Waals surface area (Å²) in [5, 5.41) is 18.1. The van der Waals surface area contributed by atoms with Crippen LogP contribution in [0.15, 0.2) is 48.5 Å². The highest BCUT2D eigenvalue weighted by atomic mass is 16.5. The van der Waals surface area contributed by atoms with Crippen molar-refractivity contribution in [3.8, 4) is 22.6 Å². The number of rotatable bonds is 13. The van der Waals surface area contributed by atoms with Crippen molar-refractivity contribution in [2.75, 3.05) is 13.7 Å². The van der Waals surface area contributed by atoms with E-state index in [0.29, 0.717) is 18.6 Å². The van der Waals surface area contributed by atoms with Crippen molar-refractivity contribution in [3.63, 3.8) is 0 Å². The van der Waals surface area contributed by atoms with Gasteiger partial charge >= 0.3 is 5.97 Å². The lowest BCUT2D eigenvalue weighted by molar-refractivity contribution is -0.146. The van der Waals surface area contributed by atoms with Crippen LogP contribution < -0.4 is 25.4 Å². The Morgan fingerprint density at radius 2 is 1.47 bits per heavy atom. The third-order valence-corrected chi connectivity index (χ3v) is 9.94. The first kappa shape index (κ1) is 35.7. The smallest absolute Gasteiger partial charge is 0.329 e. The molecule has 264 valence electrons. The molecular weight excluding hydrogens is 628 g/mol. The number of carboxylic acids is 1. The van der Waals surface area contributed by atoms with Gasteiger partial charge in [-0.25, -0.2) is 4.79 Å². The van der Waals surface area contributed by atoms with Crippen molar-refractivity contribution in [2.45, 2.75) is 102 Å². The van der Waals surface area contributed by atoms with Gasteiger partial charge in [-0.15, -0.1) is 0 Å². The Balaban J connectivity index is 1.34. The van der Waals surface area contributed by atoms with E-state index in [1.807, 2.05) is 62.4 Å². The molecule has 0 spiro atoms. The van der Waals surface area contributed by atoms with Gasteiger partial charge in [0.15, 0.2) is 0 Å². The van der Waals surface area contributed by atoms with Gasteiger partial charge in [0.05, 0.1) is 13.7 Å². The predicted molar refractivity (Wildman–Crippen MR) is 182 cm³/mol. The Hall–Kier alpha value is -4.61. The van der Waals surface area contributed by atoms with E-state index in [-0.39, 0.29) is 30.7 Å². The van der Waals surface area contributed by atoms with Crippen LogP contribution >= 0.6 is 0 Å². The molecule has 2 saturated carbocycles. The lowest BCUT2D eigenvalue weighted by atomic mass is 9.83. The molecule has 0 bridgehead atoms. The number of amides is 4. The Morgan fingerprint density at radius 1 is 0.878 bits per heavy atom. The molecule has 5 rings (SSSR count). The average Bonchev–Trinajstić information content (AvgIpc) is 3.76. The second kappa shape index (κ2) is 15.3. The minimum atomic E-state index is -1.33. The first-order valence-electron chi connectivity index (χ1n) is 17.3. The van der Waals surface area contributed by atoms with Crippen LogP contribution in [-0.4, -0.2) is 83.0 Å². The molecule has 49 heavy (non-hydrogen) atoms. The number of aliphatic carboxylic acids is 1. The number of benzene rings is 2. The normalized spacial score (nSPS) is 21.3. The van der Waals surface area contributed by atoms with Crippen molar-refractivity contribution in [1.29, 1.82) is 0 Å². The second-order valence-corrected chi connectivity index (χ2v) is 13.9. The number of carbonyl (C=O) groups is 5. The van der Waals surface area contributed by atoms with Gasteiger partial charge in [0.25, 0.3) is 0 Å². The van der Waals surface area contributed by atoms with Gasteiger partial charge in [-0.2, -0.15) is 0 Å². The molecule has 3 aliphatic rings. The third-order valence-electron chi connectivity index (χ3n) is 9.94. The van der Waals surface area contributed by atoms with E-state index in [4.69, 9.17) is 9.47 Å². The maximum Gasteiger partial charge on any atom is 0.329 e. The van der Waals surface area contributed by atoms with E-state index in [2.05, 4.69) is 16.0 Å². The summed E-state index contributed by atoms with van der Waals surface area (Å²) < 4.78 is 11.5. The minimum absolute atomic E-state index is 0.0366. The number of carbonyl (C=O) groups excluding carboxylic acids is 4. The fourth-order valence-electron chi connectivity index (χ4n) is 6.93. The van der Waals surface area contributed by atoms with Gasteiger partial charge < -0.3 is 35.4 Å². The van der Waals surface area contributed by atoms with Crippen molar-refractivity contribution in [2.24, 2.45) is 11.8 Å². The molecule has 1 saturated heterocycles. The van der Waals surface area contributed by atoms with Crippen LogP contribution in [0.5, 0.6) is 11.5 Å². The van der Waals surface area contributed by atoms with Gasteiger partial charge in [0, 0.05) is 13.3 Å². The Labute approximate surface area is 287 Å². The molecule has 0 radical (unpaired) electrons. The highest BCUT2D eigenvalue weighted by molar-refractivity contribution is 5.96. The van der Waals surface area contributed by atoms with Crippen LogP contribution in [0.1, 0.15) is 72.1 Å². The van der Waals surface area contributed by atoms with Gasteiger partial charge in [-0.05, 0) is 72.9 Å². The molecule has 2 aliphatic carbocycles. The van der Waals surface area contributed by atoms with Gasteiger partial charge in [0.2, 0.25) is 23.6 Å². The van der Waals surface area contributed by atoms with Crippen LogP contribution in [0.2, 0.25) is 0 Å². The van der Waals surface area contributed by atoms with Gasteiger partial charge in [0.1, 0.15) is 41.3 Å². The molecule has 3 fully saturated rings. The largest absolute Gasteiger partial charge is 0.497 e.